The van der Waals surface area contributed by atoms with Crippen LogP contribution in [0, 0.1) is 0 Å². The zero-order valence-corrected chi connectivity index (χ0v) is 13.2. The summed E-state index contributed by atoms with van der Waals surface area (Å²) in [5.41, 5.74) is -0.463. The van der Waals surface area contributed by atoms with Crippen molar-refractivity contribution in [1.82, 2.24) is 10.2 Å². The van der Waals surface area contributed by atoms with Crippen molar-refractivity contribution in [1.29, 1.82) is 0 Å². The lowest BCUT2D eigenvalue weighted by atomic mass is 10.0. The minimum atomic E-state index is -0.948. The molecule has 0 fully saturated rings. The van der Waals surface area contributed by atoms with Crippen LogP contribution in [0.3, 0.4) is 0 Å². The molecule has 0 heterocycles. The quantitative estimate of drug-likeness (QED) is 0.735. The van der Waals surface area contributed by atoms with Crippen LogP contribution in [0.4, 0.5) is 4.79 Å². The van der Waals surface area contributed by atoms with E-state index in [1.165, 1.54) is 4.90 Å². The molecule has 2 N–H and O–H groups in total. The summed E-state index contributed by atoms with van der Waals surface area (Å²) < 4.78 is 0. The molecule has 18 heavy (non-hydrogen) atoms. The minimum absolute atomic E-state index is 0.0554. The number of nitrogens with zero attached hydrogens (tertiary/aromatic N) is 1. The summed E-state index contributed by atoms with van der Waals surface area (Å²) in [5.74, 6) is 0.0554. The highest BCUT2D eigenvalue weighted by Crippen LogP contribution is 2.16. The molecule has 0 aliphatic carbocycles. The molecule has 0 saturated heterocycles. The van der Waals surface area contributed by atoms with E-state index in [2.05, 4.69) is 21.2 Å². The van der Waals surface area contributed by atoms with Crippen molar-refractivity contribution in [2.75, 3.05) is 11.9 Å². The van der Waals surface area contributed by atoms with Gasteiger partial charge in [-0.3, -0.25) is 9.69 Å². The Balaban J connectivity index is 4.50. The minimum Gasteiger partial charge on any atom is -0.465 e. The molecule has 0 aromatic heterocycles. The Morgan fingerprint density at radius 3 is 2.17 bits per heavy atom. The second-order valence-corrected chi connectivity index (χ2v) is 5.96. The van der Waals surface area contributed by atoms with Crippen molar-refractivity contribution >= 4 is 27.8 Å². The number of halogens is 1. The summed E-state index contributed by atoms with van der Waals surface area (Å²) in [5, 5.41) is 12.6. The normalized spacial score (nSPS) is 15.0. The van der Waals surface area contributed by atoms with E-state index in [0.29, 0.717) is 11.9 Å². The van der Waals surface area contributed by atoms with Crippen molar-refractivity contribution in [3.63, 3.8) is 0 Å². The van der Waals surface area contributed by atoms with Gasteiger partial charge in [0.15, 0.2) is 5.78 Å². The maximum Gasteiger partial charge on any atom is 0.408 e. The topological polar surface area (TPSA) is 69.6 Å². The van der Waals surface area contributed by atoms with Crippen molar-refractivity contribution in [2.45, 2.75) is 52.2 Å². The number of ketones is 1. The van der Waals surface area contributed by atoms with Crippen LogP contribution < -0.4 is 5.32 Å². The van der Waals surface area contributed by atoms with Crippen molar-refractivity contribution < 1.29 is 14.7 Å². The highest BCUT2D eigenvalue weighted by Gasteiger charge is 2.30. The molecule has 0 aliphatic rings. The van der Waals surface area contributed by atoms with E-state index < -0.39 is 11.6 Å². The smallest absolute Gasteiger partial charge is 0.408 e. The Hall–Kier alpha value is -0.620. The molecule has 106 valence electrons. The van der Waals surface area contributed by atoms with E-state index in [4.69, 9.17) is 0 Å². The molecule has 0 aromatic carbocycles. The van der Waals surface area contributed by atoms with E-state index in [9.17, 15) is 14.7 Å². The van der Waals surface area contributed by atoms with Gasteiger partial charge in [-0.15, -0.1) is 0 Å². The van der Waals surface area contributed by atoms with Crippen LogP contribution in [0.2, 0.25) is 0 Å². The molecular weight excluding hydrogens is 300 g/mol. The molecule has 0 aliphatic heterocycles. The molecule has 1 amide bonds. The van der Waals surface area contributed by atoms with E-state index in [1.54, 1.807) is 6.92 Å². The average Bonchev–Trinajstić information content (AvgIpc) is 2.22. The lowest BCUT2D eigenvalue weighted by molar-refractivity contribution is -0.118. The molecule has 0 aromatic rings. The summed E-state index contributed by atoms with van der Waals surface area (Å²) in [6.07, 6.45) is -0.948. The van der Waals surface area contributed by atoms with Gasteiger partial charge >= 0.3 is 6.09 Å². The summed E-state index contributed by atoms with van der Waals surface area (Å²) in [4.78, 5) is 24.0. The monoisotopic (exact) mass is 322 g/mol. The maximum absolute atomic E-state index is 11.4. The molecule has 0 saturated carbocycles. The molecule has 6 heteroatoms. The van der Waals surface area contributed by atoms with Gasteiger partial charge in [-0.25, -0.2) is 4.79 Å². The Labute approximate surface area is 117 Å². The Kier molecular flexibility index (Phi) is 6.84. The maximum atomic E-state index is 11.4. The van der Waals surface area contributed by atoms with Gasteiger partial charge in [-0.2, -0.15) is 0 Å². The average molecular weight is 323 g/mol. The van der Waals surface area contributed by atoms with Gasteiger partial charge in [0.1, 0.15) is 0 Å². The van der Waals surface area contributed by atoms with Crippen molar-refractivity contribution in [3.05, 3.63) is 0 Å². The van der Waals surface area contributed by atoms with Crippen LogP contribution in [0.5, 0.6) is 0 Å². The van der Waals surface area contributed by atoms with E-state index in [-0.39, 0.29) is 17.9 Å². The van der Waals surface area contributed by atoms with Crippen LogP contribution in [0.25, 0.3) is 0 Å². The number of alkyl halides is 1. The number of Topliss-reactive ketones (excluding diaryl/α,β-unsaturated/α-hetero) is 1. The van der Waals surface area contributed by atoms with Crippen LogP contribution in [0.15, 0.2) is 0 Å². The van der Waals surface area contributed by atoms with Gasteiger partial charge in [0.25, 0.3) is 0 Å². The fraction of sp³-hybridized carbons (Fsp3) is 0.833. The first-order valence-electron chi connectivity index (χ1n) is 5.95. The van der Waals surface area contributed by atoms with E-state index in [1.807, 2.05) is 27.7 Å². The number of carbonyl (C=O) groups excluding carboxylic acids is 1. The van der Waals surface area contributed by atoms with Crippen LogP contribution >= 0.6 is 15.9 Å². The number of rotatable bonds is 6. The lowest BCUT2D eigenvalue weighted by Gasteiger charge is -2.38. The summed E-state index contributed by atoms with van der Waals surface area (Å²) in [6, 6.07) is -0.476. The predicted octanol–water partition coefficient (Wildman–Crippen LogP) is 2.10. The van der Waals surface area contributed by atoms with Gasteiger partial charge in [0.2, 0.25) is 0 Å². The zero-order chi connectivity index (χ0) is 14.5. The van der Waals surface area contributed by atoms with Gasteiger partial charge in [0.05, 0.1) is 11.4 Å². The Bertz CT molecular complexity index is 302. The van der Waals surface area contributed by atoms with Crippen LogP contribution in [-0.4, -0.2) is 51.4 Å². The molecule has 0 radical (unpaired) electrons. The number of nitrogens with one attached hydrogen (secondary N) is 1. The highest BCUT2D eigenvalue weighted by atomic mass is 79.9. The first-order chi connectivity index (χ1) is 8.11. The largest absolute Gasteiger partial charge is 0.465 e. The lowest BCUT2D eigenvalue weighted by Crippen LogP contribution is -2.54. The molecule has 0 rings (SSSR count). The second kappa shape index (κ2) is 7.09. The molecule has 0 bridgehead atoms. The Morgan fingerprint density at radius 2 is 1.83 bits per heavy atom. The van der Waals surface area contributed by atoms with Gasteiger partial charge < -0.3 is 10.4 Å². The molecule has 0 spiro atoms. The number of carbonyl (C=O) groups is 2. The van der Waals surface area contributed by atoms with Crippen LogP contribution in [0.1, 0.15) is 34.6 Å². The third-order valence-electron chi connectivity index (χ3n) is 2.70. The van der Waals surface area contributed by atoms with Gasteiger partial charge in [-0.1, -0.05) is 15.9 Å². The Morgan fingerprint density at radius 1 is 1.33 bits per heavy atom. The molecule has 2 atom stereocenters. The molecule has 5 nitrogen and oxygen atoms in total. The zero-order valence-electron chi connectivity index (χ0n) is 11.7. The first-order valence-corrected chi connectivity index (χ1v) is 7.07. The van der Waals surface area contributed by atoms with Crippen molar-refractivity contribution in [3.8, 4) is 0 Å². The van der Waals surface area contributed by atoms with Gasteiger partial charge in [0, 0.05) is 18.1 Å². The summed E-state index contributed by atoms with van der Waals surface area (Å²) in [6.45, 7) is 9.61. The SMILES string of the molecule is CC(NC[C@H](C)N(C(=O)O)C(C)(C)C)C(=O)CBr. The molecule has 1 unspecified atom stereocenters. The standard InChI is InChI=1S/C12H23BrN2O3/c1-8(7-14-9(2)10(16)6-13)15(11(17)18)12(3,4)5/h8-9,14H,6-7H2,1-5H3,(H,17,18)/t8-,9?/m0/s1. The predicted molar refractivity (Wildman–Crippen MR) is 75.3 cm³/mol. The molecular formula is C12H23BrN2O3. The third kappa shape index (κ3) is 5.35. The fourth-order valence-electron chi connectivity index (χ4n) is 1.80. The highest BCUT2D eigenvalue weighted by molar-refractivity contribution is 9.09. The number of hydrogen-bond donors (Lipinski definition) is 2. The van der Waals surface area contributed by atoms with Crippen LogP contribution in [-0.2, 0) is 4.79 Å². The van der Waals surface area contributed by atoms with E-state index in [0.717, 1.165) is 0 Å². The van der Waals surface area contributed by atoms with E-state index >= 15 is 0 Å². The van der Waals surface area contributed by atoms with Crippen molar-refractivity contribution in [2.24, 2.45) is 0 Å². The third-order valence-corrected chi connectivity index (χ3v) is 3.26. The fourth-order valence-corrected chi connectivity index (χ4v) is 2.29. The number of carboxylic acid groups (broad SMARTS) is 1. The summed E-state index contributed by atoms with van der Waals surface area (Å²) >= 11 is 3.11. The first kappa shape index (κ1) is 17.4. The number of amides is 1. The van der Waals surface area contributed by atoms with Gasteiger partial charge in [-0.05, 0) is 34.6 Å². The second-order valence-electron chi connectivity index (χ2n) is 5.40. The number of hydrogen-bond acceptors (Lipinski definition) is 3. The summed E-state index contributed by atoms with van der Waals surface area (Å²) in [7, 11) is 0.